The second kappa shape index (κ2) is 11.5. The Morgan fingerprint density at radius 2 is 0.981 bits per heavy atom. The Hall–Kier alpha value is -7.05. The number of ether oxygens (including phenoxy) is 2. The molecule has 0 spiro atoms. The normalized spacial score (nSPS) is 13.4. The highest BCUT2D eigenvalue weighted by molar-refractivity contribution is 6.05. The van der Waals surface area contributed by atoms with E-state index in [1.807, 2.05) is 66.7 Å². The zero-order chi connectivity index (χ0) is 36.0. The highest BCUT2D eigenvalue weighted by Crippen LogP contribution is 2.55. The van der Waals surface area contributed by atoms with Gasteiger partial charge in [0, 0.05) is 32.9 Å². The van der Waals surface area contributed by atoms with Crippen LogP contribution in [-0.4, -0.2) is 15.0 Å². The fraction of sp³-hybridized carbons (Fsp3) is 0.0625. The Morgan fingerprint density at radius 3 is 1.81 bits per heavy atom. The maximum absolute atomic E-state index is 6.54. The van der Waals surface area contributed by atoms with Gasteiger partial charge in [0.1, 0.15) is 11.2 Å². The first-order chi connectivity index (χ1) is 26.5. The van der Waals surface area contributed by atoms with Crippen LogP contribution in [-0.2, 0) is 5.41 Å². The molecule has 1 aliphatic carbocycles. The molecule has 7 aromatic carbocycles. The molecule has 256 valence electrons. The number of fused-ring (bicyclic) bond motifs is 8. The van der Waals surface area contributed by atoms with E-state index >= 15 is 0 Å². The fourth-order valence-electron chi connectivity index (χ4n) is 7.98. The van der Waals surface area contributed by atoms with Crippen LogP contribution < -0.4 is 9.47 Å². The standard InChI is InChI=1S/C48H31N3O3/c1-48(2)37-14-8-6-12-33(37)36-26-43-44(27-38(36)48)53-40-23-21-31(24-42(40)54-43)28-16-18-30(19-17-28)46-49-45(29-10-4-3-5-11-29)50-47(51-46)32-20-22-35-34-13-7-9-15-39(34)52-41(35)25-32/h3-27H,1-2H3. The lowest BCUT2D eigenvalue weighted by Crippen LogP contribution is -2.15. The van der Waals surface area contributed by atoms with Crippen LogP contribution in [0.2, 0.25) is 0 Å². The van der Waals surface area contributed by atoms with Gasteiger partial charge in [-0.25, -0.2) is 15.0 Å². The third kappa shape index (κ3) is 4.77. The molecule has 6 heteroatoms. The van der Waals surface area contributed by atoms with Gasteiger partial charge >= 0.3 is 0 Å². The van der Waals surface area contributed by atoms with Gasteiger partial charge in [0.15, 0.2) is 40.5 Å². The molecule has 0 atom stereocenters. The number of rotatable bonds is 4. The third-order valence-corrected chi connectivity index (χ3v) is 10.8. The van der Waals surface area contributed by atoms with Crippen molar-refractivity contribution in [3.63, 3.8) is 0 Å². The summed E-state index contributed by atoms with van der Waals surface area (Å²) < 4.78 is 19.2. The monoisotopic (exact) mass is 697 g/mol. The molecule has 0 bridgehead atoms. The van der Waals surface area contributed by atoms with Gasteiger partial charge < -0.3 is 13.9 Å². The van der Waals surface area contributed by atoms with Gasteiger partial charge in [0.2, 0.25) is 0 Å². The molecule has 11 rings (SSSR count). The summed E-state index contributed by atoms with van der Waals surface area (Å²) in [5, 5.41) is 2.14. The van der Waals surface area contributed by atoms with Crippen LogP contribution in [0.4, 0.5) is 0 Å². The predicted octanol–water partition coefficient (Wildman–Crippen LogP) is 12.6. The van der Waals surface area contributed by atoms with Gasteiger partial charge in [-0.15, -0.1) is 0 Å². The lowest BCUT2D eigenvalue weighted by molar-refractivity contribution is 0.359. The zero-order valence-electron chi connectivity index (χ0n) is 29.5. The molecule has 0 saturated heterocycles. The molecule has 3 heterocycles. The minimum atomic E-state index is -0.115. The Kier molecular flexibility index (Phi) is 6.49. The average molecular weight is 698 g/mol. The maximum atomic E-state index is 6.54. The first-order valence-electron chi connectivity index (χ1n) is 18.1. The molecule has 2 aromatic heterocycles. The highest BCUT2D eigenvalue weighted by Gasteiger charge is 2.37. The predicted molar refractivity (Wildman–Crippen MR) is 213 cm³/mol. The molecule has 0 N–H and O–H groups in total. The van der Waals surface area contributed by atoms with E-state index in [1.54, 1.807) is 0 Å². The van der Waals surface area contributed by atoms with Crippen molar-refractivity contribution >= 4 is 21.9 Å². The summed E-state index contributed by atoms with van der Waals surface area (Å²) in [6, 6.07) is 51.5. The first-order valence-corrected chi connectivity index (χ1v) is 18.1. The number of aromatic nitrogens is 3. The molecule has 1 aliphatic heterocycles. The van der Waals surface area contributed by atoms with E-state index in [0.717, 1.165) is 61.3 Å². The van der Waals surface area contributed by atoms with Crippen LogP contribution in [0.5, 0.6) is 23.0 Å². The fourth-order valence-corrected chi connectivity index (χ4v) is 7.98. The smallest absolute Gasteiger partial charge is 0.170 e. The van der Waals surface area contributed by atoms with Gasteiger partial charge in [-0.3, -0.25) is 0 Å². The largest absolute Gasteiger partial charge is 0.456 e. The number of hydrogen-bond donors (Lipinski definition) is 0. The van der Waals surface area contributed by atoms with Crippen molar-refractivity contribution in [2.75, 3.05) is 0 Å². The van der Waals surface area contributed by atoms with Gasteiger partial charge in [-0.2, -0.15) is 0 Å². The summed E-state index contributed by atoms with van der Waals surface area (Å²) in [4.78, 5) is 14.9. The lowest BCUT2D eigenvalue weighted by Gasteiger charge is -2.25. The lowest BCUT2D eigenvalue weighted by atomic mass is 9.82. The quantitative estimate of drug-likeness (QED) is 0.182. The molecule has 0 fully saturated rings. The van der Waals surface area contributed by atoms with Crippen LogP contribution in [0.3, 0.4) is 0 Å². The van der Waals surface area contributed by atoms with E-state index in [9.17, 15) is 0 Å². The highest BCUT2D eigenvalue weighted by atomic mass is 16.6. The number of para-hydroxylation sites is 1. The number of nitrogens with zero attached hydrogens (tertiary/aromatic N) is 3. The molecular weight excluding hydrogens is 667 g/mol. The maximum Gasteiger partial charge on any atom is 0.170 e. The molecule has 6 nitrogen and oxygen atoms in total. The summed E-state index contributed by atoms with van der Waals surface area (Å²) >= 11 is 0. The molecule has 2 aliphatic rings. The number of furan rings is 1. The average Bonchev–Trinajstić information content (AvgIpc) is 3.70. The summed E-state index contributed by atoms with van der Waals surface area (Å²) in [5.41, 5.74) is 11.2. The van der Waals surface area contributed by atoms with Crippen molar-refractivity contribution < 1.29 is 13.9 Å². The van der Waals surface area contributed by atoms with Crippen molar-refractivity contribution in [3.05, 3.63) is 163 Å². The van der Waals surface area contributed by atoms with Crippen LogP contribution in [0.1, 0.15) is 25.0 Å². The van der Waals surface area contributed by atoms with Crippen LogP contribution >= 0.6 is 0 Å². The van der Waals surface area contributed by atoms with Crippen molar-refractivity contribution in [1.29, 1.82) is 0 Å². The van der Waals surface area contributed by atoms with Crippen LogP contribution in [0.15, 0.2) is 156 Å². The van der Waals surface area contributed by atoms with E-state index in [4.69, 9.17) is 28.8 Å². The van der Waals surface area contributed by atoms with Gasteiger partial charge in [0.25, 0.3) is 0 Å². The van der Waals surface area contributed by atoms with Gasteiger partial charge in [0.05, 0.1) is 0 Å². The van der Waals surface area contributed by atoms with Gasteiger partial charge in [-0.05, 0) is 75.8 Å². The summed E-state index contributed by atoms with van der Waals surface area (Å²) in [5.74, 6) is 4.62. The summed E-state index contributed by atoms with van der Waals surface area (Å²) in [6.07, 6.45) is 0. The Balaban J connectivity index is 0.930. The van der Waals surface area contributed by atoms with E-state index in [2.05, 4.69) is 98.8 Å². The molecule has 0 saturated carbocycles. The Bertz CT molecular complexity index is 2970. The van der Waals surface area contributed by atoms with E-state index in [0.29, 0.717) is 29.0 Å². The van der Waals surface area contributed by atoms with Gasteiger partial charge in [-0.1, -0.05) is 123 Å². The molecular formula is C48H31N3O3. The first kappa shape index (κ1) is 30.6. The van der Waals surface area contributed by atoms with Crippen molar-refractivity contribution in [2.45, 2.75) is 19.3 Å². The molecule has 0 unspecified atom stereocenters. The van der Waals surface area contributed by atoms with E-state index < -0.39 is 0 Å². The topological polar surface area (TPSA) is 70.3 Å². The Labute approximate surface area is 311 Å². The SMILES string of the molecule is CC1(C)c2ccccc2-c2cc3c(cc21)Oc1ccc(-c2ccc(-c4nc(-c5ccccc5)nc(-c5ccc6c(c5)oc5ccccc56)n4)cc2)cc1O3. The summed E-state index contributed by atoms with van der Waals surface area (Å²) in [6.45, 7) is 4.54. The van der Waals surface area contributed by atoms with E-state index in [1.165, 1.54) is 22.3 Å². The van der Waals surface area contributed by atoms with Crippen LogP contribution in [0.25, 0.3) is 78.4 Å². The molecule has 0 amide bonds. The number of hydrogen-bond acceptors (Lipinski definition) is 6. The van der Waals surface area contributed by atoms with E-state index in [-0.39, 0.29) is 5.41 Å². The Morgan fingerprint density at radius 1 is 0.389 bits per heavy atom. The minimum Gasteiger partial charge on any atom is -0.456 e. The zero-order valence-corrected chi connectivity index (χ0v) is 29.5. The van der Waals surface area contributed by atoms with Crippen molar-refractivity contribution in [1.82, 2.24) is 15.0 Å². The number of benzene rings is 7. The second-order valence-corrected chi connectivity index (χ2v) is 14.4. The van der Waals surface area contributed by atoms with Crippen LogP contribution in [0, 0.1) is 0 Å². The van der Waals surface area contributed by atoms with Crippen molar-refractivity contribution in [3.8, 4) is 79.4 Å². The van der Waals surface area contributed by atoms with Crippen molar-refractivity contribution in [2.24, 2.45) is 0 Å². The molecule has 54 heavy (non-hydrogen) atoms. The summed E-state index contributed by atoms with van der Waals surface area (Å²) in [7, 11) is 0. The third-order valence-electron chi connectivity index (χ3n) is 10.8. The molecule has 9 aromatic rings. The molecule has 0 radical (unpaired) electrons. The minimum absolute atomic E-state index is 0.115. The second-order valence-electron chi connectivity index (χ2n) is 14.4.